The lowest BCUT2D eigenvalue weighted by molar-refractivity contribution is -0.142. The van der Waals surface area contributed by atoms with Gasteiger partial charge in [-0.15, -0.1) is 0 Å². The first-order valence-electron chi connectivity index (χ1n) is 11.6. The molecular formula is C26H30N2O5. The minimum absolute atomic E-state index is 0.0589. The van der Waals surface area contributed by atoms with Gasteiger partial charge >= 0.3 is 12.1 Å². The number of alkyl carbamates (subject to hydrolysis) is 1. The van der Waals surface area contributed by atoms with Crippen LogP contribution in [0.2, 0.25) is 0 Å². The number of carboxylic acids is 1. The number of hydrogen-bond acceptors (Lipinski definition) is 4. The standard InChI is InChI=1S/C26H30N2O5/c1-2-8-23(24(29)27-22-14-7-13-20(22)25(30)31)28-26(32)33-15-21-18-11-5-3-9-16(18)17-10-4-6-12-19(17)21/h3-6,9-12,20-23H,2,7-8,13-15H2,1H3,(H,27,29)(H,28,32)(H,30,31)/t20-,22+,23?/m0/s1. The summed E-state index contributed by atoms with van der Waals surface area (Å²) in [7, 11) is 0. The third-order valence-electron chi connectivity index (χ3n) is 6.69. The van der Waals surface area contributed by atoms with Crippen molar-refractivity contribution in [2.24, 2.45) is 5.92 Å². The molecular weight excluding hydrogens is 420 g/mol. The molecule has 0 saturated heterocycles. The first kappa shape index (κ1) is 22.8. The van der Waals surface area contributed by atoms with Gasteiger partial charge in [0.05, 0.1) is 5.92 Å². The molecule has 1 saturated carbocycles. The highest BCUT2D eigenvalue weighted by molar-refractivity contribution is 5.86. The van der Waals surface area contributed by atoms with Crippen molar-refractivity contribution in [3.8, 4) is 11.1 Å². The number of carbonyl (C=O) groups excluding carboxylic acids is 2. The molecule has 33 heavy (non-hydrogen) atoms. The Morgan fingerprint density at radius 1 is 1.03 bits per heavy atom. The Kier molecular flexibility index (Phi) is 6.96. The topological polar surface area (TPSA) is 105 Å². The van der Waals surface area contributed by atoms with E-state index in [2.05, 4.69) is 34.9 Å². The second kappa shape index (κ2) is 10.1. The van der Waals surface area contributed by atoms with E-state index in [9.17, 15) is 19.5 Å². The first-order valence-corrected chi connectivity index (χ1v) is 11.6. The average molecular weight is 451 g/mol. The second-order valence-corrected chi connectivity index (χ2v) is 8.80. The van der Waals surface area contributed by atoms with Crippen LogP contribution in [-0.2, 0) is 14.3 Å². The molecule has 0 aromatic heterocycles. The van der Waals surface area contributed by atoms with Crippen LogP contribution in [0, 0.1) is 5.92 Å². The van der Waals surface area contributed by atoms with E-state index in [1.54, 1.807) is 0 Å². The number of benzene rings is 2. The molecule has 4 rings (SSSR count). The van der Waals surface area contributed by atoms with Gasteiger partial charge in [-0.25, -0.2) is 4.79 Å². The van der Waals surface area contributed by atoms with E-state index in [1.807, 2.05) is 31.2 Å². The van der Waals surface area contributed by atoms with Crippen LogP contribution < -0.4 is 10.6 Å². The smallest absolute Gasteiger partial charge is 0.407 e. The monoisotopic (exact) mass is 450 g/mol. The van der Waals surface area contributed by atoms with E-state index < -0.39 is 30.1 Å². The van der Waals surface area contributed by atoms with Crippen LogP contribution in [0.4, 0.5) is 4.79 Å². The summed E-state index contributed by atoms with van der Waals surface area (Å²) in [6.45, 7) is 2.10. The van der Waals surface area contributed by atoms with Crippen molar-refractivity contribution in [2.45, 2.75) is 57.0 Å². The van der Waals surface area contributed by atoms with Gasteiger partial charge in [0.25, 0.3) is 0 Å². The minimum Gasteiger partial charge on any atom is -0.481 e. The van der Waals surface area contributed by atoms with Gasteiger partial charge in [-0.1, -0.05) is 68.3 Å². The fourth-order valence-corrected chi connectivity index (χ4v) is 5.05. The normalized spacial score (nSPS) is 19.9. The summed E-state index contributed by atoms with van der Waals surface area (Å²) in [6, 6.07) is 15.0. The number of rotatable bonds is 8. The number of fused-ring (bicyclic) bond motifs is 3. The third-order valence-corrected chi connectivity index (χ3v) is 6.69. The lowest BCUT2D eigenvalue weighted by Crippen LogP contribution is -2.51. The van der Waals surface area contributed by atoms with Crippen molar-refractivity contribution < 1.29 is 24.2 Å². The van der Waals surface area contributed by atoms with Gasteiger partial charge in [0.2, 0.25) is 5.91 Å². The number of ether oxygens (including phenoxy) is 1. The largest absolute Gasteiger partial charge is 0.481 e. The number of hydrogen-bond donors (Lipinski definition) is 3. The molecule has 0 radical (unpaired) electrons. The Bertz CT molecular complexity index is 991. The van der Waals surface area contributed by atoms with Crippen LogP contribution in [0.1, 0.15) is 56.1 Å². The predicted octanol–water partition coefficient (Wildman–Crippen LogP) is 4.06. The van der Waals surface area contributed by atoms with E-state index in [0.717, 1.165) is 28.7 Å². The molecule has 2 aliphatic rings. The van der Waals surface area contributed by atoms with E-state index in [0.29, 0.717) is 25.7 Å². The Morgan fingerprint density at radius 3 is 2.27 bits per heavy atom. The molecule has 2 aromatic carbocycles. The summed E-state index contributed by atoms with van der Waals surface area (Å²) < 4.78 is 5.57. The molecule has 174 valence electrons. The van der Waals surface area contributed by atoms with Gasteiger partial charge in [0, 0.05) is 12.0 Å². The Hall–Kier alpha value is -3.35. The Balaban J connectivity index is 1.38. The zero-order chi connectivity index (χ0) is 23.4. The number of carbonyl (C=O) groups is 3. The first-order chi connectivity index (χ1) is 16.0. The maximum Gasteiger partial charge on any atom is 0.407 e. The van der Waals surface area contributed by atoms with E-state index in [1.165, 1.54) is 0 Å². The van der Waals surface area contributed by atoms with Gasteiger partial charge in [0.1, 0.15) is 12.6 Å². The van der Waals surface area contributed by atoms with Crippen LogP contribution in [-0.4, -0.2) is 41.8 Å². The fraction of sp³-hybridized carbons (Fsp3) is 0.423. The van der Waals surface area contributed by atoms with Crippen LogP contribution in [0.25, 0.3) is 11.1 Å². The second-order valence-electron chi connectivity index (χ2n) is 8.80. The summed E-state index contributed by atoms with van der Waals surface area (Å²) >= 11 is 0. The van der Waals surface area contributed by atoms with Crippen molar-refractivity contribution >= 4 is 18.0 Å². The van der Waals surface area contributed by atoms with Crippen molar-refractivity contribution in [2.75, 3.05) is 6.61 Å². The molecule has 0 heterocycles. The minimum atomic E-state index is -0.894. The predicted molar refractivity (Wildman–Crippen MR) is 124 cm³/mol. The summed E-state index contributed by atoms with van der Waals surface area (Å²) in [4.78, 5) is 36.8. The SMILES string of the molecule is CCCC(NC(=O)OCC1c2ccccc2-c2ccccc21)C(=O)N[C@@H]1CCC[C@@H]1C(=O)O. The van der Waals surface area contributed by atoms with Crippen LogP contribution in [0.3, 0.4) is 0 Å². The van der Waals surface area contributed by atoms with E-state index in [4.69, 9.17) is 4.74 Å². The lowest BCUT2D eigenvalue weighted by Gasteiger charge is -2.23. The zero-order valence-corrected chi connectivity index (χ0v) is 18.8. The van der Waals surface area contributed by atoms with Gasteiger partial charge in [-0.3, -0.25) is 9.59 Å². The zero-order valence-electron chi connectivity index (χ0n) is 18.8. The number of nitrogens with one attached hydrogen (secondary N) is 2. The third kappa shape index (κ3) is 4.87. The molecule has 0 aliphatic heterocycles. The lowest BCUT2D eigenvalue weighted by atomic mass is 9.98. The highest BCUT2D eigenvalue weighted by Crippen LogP contribution is 2.44. The van der Waals surface area contributed by atoms with Crippen molar-refractivity contribution in [1.82, 2.24) is 10.6 Å². The average Bonchev–Trinajstić information content (AvgIpc) is 3.40. The molecule has 1 unspecified atom stereocenters. The summed E-state index contributed by atoms with van der Waals surface area (Å²) in [5, 5.41) is 14.9. The molecule has 2 amide bonds. The maximum atomic E-state index is 12.8. The van der Waals surface area contributed by atoms with Crippen molar-refractivity contribution in [3.63, 3.8) is 0 Å². The number of carboxylic acid groups (broad SMARTS) is 1. The number of aliphatic carboxylic acids is 1. The number of amides is 2. The quantitative estimate of drug-likeness (QED) is 0.563. The fourth-order valence-electron chi connectivity index (χ4n) is 5.05. The molecule has 7 heteroatoms. The van der Waals surface area contributed by atoms with E-state index >= 15 is 0 Å². The Labute approximate surface area is 193 Å². The molecule has 0 bridgehead atoms. The van der Waals surface area contributed by atoms with Gasteiger partial charge in [0.15, 0.2) is 0 Å². The summed E-state index contributed by atoms with van der Waals surface area (Å²) in [5.41, 5.74) is 4.54. The highest BCUT2D eigenvalue weighted by Gasteiger charge is 2.35. The molecule has 0 spiro atoms. The Morgan fingerprint density at radius 2 is 1.67 bits per heavy atom. The van der Waals surface area contributed by atoms with Crippen molar-refractivity contribution in [1.29, 1.82) is 0 Å². The van der Waals surface area contributed by atoms with E-state index in [-0.39, 0.29) is 18.4 Å². The molecule has 3 N–H and O–H groups in total. The molecule has 2 aliphatic carbocycles. The van der Waals surface area contributed by atoms with Crippen molar-refractivity contribution in [3.05, 3.63) is 59.7 Å². The molecule has 7 nitrogen and oxygen atoms in total. The highest BCUT2D eigenvalue weighted by atomic mass is 16.5. The summed E-state index contributed by atoms with van der Waals surface area (Å²) in [5.74, 6) is -1.89. The molecule has 2 aromatic rings. The molecule has 3 atom stereocenters. The molecule has 1 fully saturated rings. The van der Waals surface area contributed by atoms with Gasteiger partial charge < -0.3 is 20.5 Å². The van der Waals surface area contributed by atoms with Crippen LogP contribution in [0.15, 0.2) is 48.5 Å². The van der Waals surface area contributed by atoms with Gasteiger partial charge in [-0.05, 0) is 41.5 Å². The summed E-state index contributed by atoms with van der Waals surface area (Å²) in [6.07, 6.45) is 2.44. The maximum absolute atomic E-state index is 12.8. The van der Waals surface area contributed by atoms with Crippen LogP contribution in [0.5, 0.6) is 0 Å². The van der Waals surface area contributed by atoms with Crippen LogP contribution >= 0.6 is 0 Å². The van der Waals surface area contributed by atoms with Gasteiger partial charge in [-0.2, -0.15) is 0 Å².